The molecule has 0 saturated heterocycles. The van der Waals surface area contributed by atoms with Gasteiger partial charge < -0.3 is 19.8 Å². The van der Waals surface area contributed by atoms with E-state index in [1.54, 1.807) is 37.3 Å². The van der Waals surface area contributed by atoms with Crippen LogP contribution in [0.5, 0.6) is 11.5 Å². The topological polar surface area (TPSA) is 116 Å². The number of para-hydroxylation sites is 2. The van der Waals surface area contributed by atoms with Crippen molar-refractivity contribution in [2.45, 2.75) is 5.66 Å². The predicted molar refractivity (Wildman–Crippen MR) is 134 cm³/mol. The number of benzene rings is 3. The molecule has 36 heavy (non-hydrogen) atoms. The molecule has 1 unspecified atom stereocenters. The van der Waals surface area contributed by atoms with Gasteiger partial charge in [-0.15, -0.1) is 0 Å². The van der Waals surface area contributed by atoms with Crippen LogP contribution in [0.4, 0.5) is 11.4 Å². The van der Waals surface area contributed by atoms with Gasteiger partial charge in [-0.1, -0.05) is 36.4 Å². The third-order valence-electron chi connectivity index (χ3n) is 6.56. The van der Waals surface area contributed by atoms with Crippen molar-refractivity contribution in [3.05, 3.63) is 83.1 Å². The van der Waals surface area contributed by atoms with Crippen molar-refractivity contribution in [2.24, 2.45) is 20.0 Å². The van der Waals surface area contributed by atoms with Crippen molar-refractivity contribution < 1.29 is 14.3 Å². The van der Waals surface area contributed by atoms with Gasteiger partial charge in [0.1, 0.15) is 16.9 Å². The minimum Gasteiger partial charge on any atom is -0.497 e. The molecule has 3 aromatic carbocycles. The zero-order chi connectivity index (χ0) is 24.4. The molecule has 4 aromatic rings. The summed E-state index contributed by atoms with van der Waals surface area (Å²) in [6, 6.07) is 20.7. The predicted octanol–water partition coefficient (Wildman–Crippen LogP) is 2.48. The molecular formula is C26H19N7O3. The molecule has 1 atom stereocenters. The third kappa shape index (κ3) is 2.63. The van der Waals surface area contributed by atoms with Crippen molar-refractivity contribution in [3.8, 4) is 11.5 Å². The van der Waals surface area contributed by atoms with Gasteiger partial charge >= 0.3 is 0 Å². The SMILES string of the molecule is COc1ccc(OC)c(N2C(/N=C3\N=c4[nH]c5ccccc5c4=N3)=NC23C(=O)Nc2ccccc23)c1. The van der Waals surface area contributed by atoms with E-state index in [1.165, 1.54) is 0 Å². The summed E-state index contributed by atoms with van der Waals surface area (Å²) in [5.41, 5.74) is 2.26. The van der Waals surface area contributed by atoms with Crippen LogP contribution in [0.25, 0.3) is 10.9 Å². The Labute approximate surface area is 204 Å². The highest BCUT2D eigenvalue weighted by atomic mass is 16.5. The van der Waals surface area contributed by atoms with Gasteiger partial charge in [0.15, 0.2) is 5.49 Å². The highest BCUT2D eigenvalue weighted by molar-refractivity contribution is 6.21. The maximum atomic E-state index is 13.4. The lowest BCUT2D eigenvalue weighted by molar-refractivity contribution is -0.120. The van der Waals surface area contributed by atoms with Gasteiger partial charge in [0.05, 0.1) is 19.9 Å². The molecule has 3 aliphatic rings. The number of guanidine groups is 2. The van der Waals surface area contributed by atoms with E-state index in [1.807, 2.05) is 48.5 Å². The first kappa shape index (κ1) is 20.4. The molecule has 7 rings (SSSR count). The molecule has 176 valence electrons. The molecule has 3 aliphatic heterocycles. The molecule has 0 radical (unpaired) electrons. The van der Waals surface area contributed by atoms with Crippen molar-refractivity contribution in [1.29, 1.82) is 0 Å². The number of hydrogen-bond donors (Lipinski definition) is 2. The molecule has 4 heterocycles. The molecule has 10 nitrogen and oxygen atoms in total. The number of nitrogens with zero attached hydrogens (tertiary/aromatic N) is 5. The summed E-state index contributed by atoms with van der Waals surface area (Å²) in [6.07, 6.45) is 0. The monoisotopic (exact) mass is 477 g/mol. The zero-order valence-electron chi connectivity index (χ0n) is 19.3. The fourth-order valence-electron chi connectivity index (χ4n) is 4.91. The van der Waals surface area contributed by atoms with Gasteiger partial charge in [0.25, 0.3) is 11.9 Å². The van der Waals surface area contributed by atoms with Crippen LogP contribution in [0.1, 0.15) is 5.56 Å². The Bertz CT molecular complexity index is 1790. The lowest BCUT2D eigenvalue weighted by atomic mass is 9.95. The highest BCUT2D eigenvalue weighted by Gasteiger charge is 2.60. The van der Waals surface area contributed by atoms with Gasteiger partial charge in [-0.25, -0.2) is 9.98 Å². The number of amides is 1. The fraction of sp³-hybridized carbons (Fsp3) is 0.115. The minimum atomic E-state index is -1.34. The Balaban J connectivity index is 1.42. The normalized spacial score (nSPS) is 20.4. The van der Waals surface area contributed by atoms with Crippen molar-refractivity contribution >= 4 is 40.1 Å². The number of aliphatic imine (C=N–C) groups is 2. The summed E-state index contributed by atoms with van der Waals surface area (Å²) in [4.78, 5) is 37.0. The zero-order valence-corrected chi connectivity index (χ0v) is 19.3. The lowest BCUT2D eigenvalue weighted by Gasteiger charge is -2.44. The minimum absolute atomic E-state index is 0.245. The molecule has 10 heteroatoms. The van der Waals surface area contributed by atoms with Crippen molar-refractivity contribution in [3.63, 3.8) is 0 Å². The number of carbonyl (C=O) groups is 1. The second-order valence-corrected chi connectivity index (χ2v) is 8.46. The van der Waals surface area contributed by atoms with E-state index in [0.29, 0.717) is 28.4 Å². The second kappa shape index (κ2) is 7.25. The van der Waals surface area contributed by atoms with Gasteiger partial charge in [0.2, 0.25) is 11.6 Å². The number of anilines is 2. The summed E-state index contributed by atoms with van der Waals surface area (Å²) in [6.45, 7) is 0. The number of rotatable bonds is 3. The smallest absolute Gasteiger partial charge is 0.278 e. The van der Waals surface area contributed by atoms with Gasteiger partial charge in [-0.05, 0) is 24.3 Å². The fourth-order valence-corrected chi connectivity index (χ4v) is 4.91. The number of fused-ring (bicyclic) bond motifs is 5. The van der Waals surface area contributed by atoms with Crippen LogP contribution in [0, 0.1) is 0 Å². The number of nitrogens with one attached hydrogen (secondary N) is 2. The molecule has 0 aliphatic carbocycles. The van der Waals surface area contributed by atoms with E-state index < -0.39 is 5.66 Å². The van der Waals surface area contributed by atoms with Crippen LogP contribution >= 0.6 is 0 Å². The quantitative estimate of drug-likeness (QED) is 0.472. The van der Waals surface area contributed by atoms with Crippen LogP contribution in [-0.2, 0) is 10.5 Å². The number of hydrogen-bond acceptors (Lipinski definition) is 6. The number of H-pyrrole nitrogens is 1. The van der Waals surface area contributed by atoms with E-state index >= 15 is 0 Å². The van der Waals surface area contributed by atoms with Crippen LogP contribution in [0.15, 0.2) is 86.7 Å². The van der Waals surface area contributed by atoms with Gasteiger partial charge in [0, 0.05) is 28.2 Å². The van der Waals surface area contributed by atoms with Crippen molar-refractivity contribution in [2.75, 3.05) is 24.4 Å². The molecular weight excluding hydrogens is 458 g/mol. The van der Waals surface area contributed by atoms with Gasteiger partial charge in [-0.2, -0.15) is 9.98 Å². The first-order valence-corrected chi connectivity index (χ1v) is 11.3. The standard InChI is InChI=1S/C26H19N7O3/c1-35-14-11-12-20(36-2)19(13-14)33-25(32-26(33)16-8-4-6-10-18(16)28-23(26)34)31-24-29-21-15-7-3-5-9-17(15)27-22(21)30-24/h3-13H,1-2H3,(H,28,34)(H,27,29,30,31,32). The van der Waals surface area contributed by atoms with Crippen molar-refractivity contribution in [1.82, 2.24) is 4.98 Å². The first-order chi connectivity index (χ1) is 17.6. The molecule has 1 aromatic heterocycles. The molecule has 2 N–H and O–H groups in total. The lowest BCUT2D eigenvalue weighted by Crippen LogP contribution is -2.61. The van der Waals surface area contributed by atoms with Crippen LogP contribution in [0.3, 0.4) is 0 Å². The largest absolute Gasteiger partial charge is 0.497 e. The van der Waals surface area contributed by atoms with Gasteiger partial charge in [-0.3, -0.25) is 9.69 Å². The Morgan fingerprint density at radius 3 is 2.67 bits per heavy atom. The molecule has 1 amide bonds. The summed E-state index contributed by atoms with van der Waals surface area (Å²) in [7, 11) is 3.15. The van der Waals surface area contributed by atoms with Crippen LogP contribution < -0.4 is 30.5 Å². The number of methoxy groups -OCH3 is 2. The number of aromatic nitrogens is 1. The second-order valence-electron chi connectivity index (χ2n) is 8.46. The Morgan fingerprint density at radius 2 is 1.81 bits per heavy atom. The van der Waals surface area contributed by atoms with E-state index in [2.05, 4.69) is 25.3 Å². The number of carbonyl (C=O) groups excluding carboxylic acids is 1. The van der Waals surface area contributed by atoms with E-state index in [-0.39, 0.29) is 17.8 Å². The molecule has 0 bridgehead atoms. The average molecular weight is 477 g/mol. The molecule has 1 spiro atoms. The number of aromatic amines is 1. The first-order valence-electron chi connectivity index (χ1n) is 11.3. The third-order valence-corrected chi connectivity index (χ3v) is 6.56. The summed E-state index contributed by atoms with van der Waals surface area (Å²) in [5.74, 6) is 1.38. The highest BCUT2D eigenvalue weighted by Crippen LogP contribution is 2.51. The Kier molecular flexibility index (Phi) is 4.11. The molecule has 0 saturated carbocycles. The Morgan fingerprint density at radius 1 is 0.972 bits per heavy atom. The van der Waals surface area contributed by atoms with E-state index in [9.17, 15) is 4.79 Å². The van der Waals surface area contributed by atoms with Crippen LogP contribution in [0.2, 0.25) is 0 Å². The maximum absolute atomic E-state index is 13.4. The molecule has 0 fully saturated rings. The Hall–Kier alpha value is -4.99. The van der Waals surface area contributed by atoms with E-state index in [0.717, 1.165) is 21.8 Å². The van der Waals surface area contributed by atoms with Crippen LogP contribution in [-0.4, -0.2) is 37.0 Å². The average Bonchev–Trinajstić information content (AvgIpc) is 3.53. The maximum Gasteiger partial charge on any atom is 0.278 e. The number of ether oxygens (including phenoxy) is 2. The summed E-state index contributed by atoms with van der Waals surface area (Å²) in [5, 5.41) is 4.63. The van der Waals surface area contributed by atoms with E-state index in [4.69, 9.17) is 14.5 Å². The summed E-state index contributed by atoms with van der Waals surface area (Å²) >= 11 is 0. The summed E-state index contributed by atoms with van der Waals surface area (Å²) < 4.78 is 11.1.